The molecule has 102 valence electrons. The third kappa shape index (κ3) is 4.94. The van der Waals surface area contributed by atoms with Gasteiger partial charge in [0.25, 0.3) is 0 Å². The van der Waals surface area contributed by atoms with Crippen molar-refractivity contribution >= 4 is 35.3 Å². The average molecular weight is 308 g/mol. The molecule has 0 fully saturated rings. The van der Waals surface area contributed by atoms with Gasteiger partial charge in [0.05, 0.1) is 46.2 Å². The molecule has 8 heteroatoms. The standard InChI is InChI=1S/C10H16N2O3S3/c16-10-12-1-2-13-3-4-14-5-6-15-7-8-17-9(11-12)18-10/h1-8H2. The minimum atomic E-state index is 0.596. The summed E-state index contributed by atoms with van der Waals surface area (Å²) in [6.07, 6.45) is 0. The third-order valence-electron chi connectivity index (χ3n) is 2.23. The van der Waals surface area contributed by atoms with Crippen molar-refractivity contribution in [3.8, 4) is 0 Å². The number of thioether (sulfide) groups is 1. The first-order chi connectivity index (χ1) is 8.86. The summed E-state index contributed by atoms with van der Waals surface area (Å²) in [5.41, 5.74) is 0. The first-order valence-electron chi connectivity index (χ1n) is 5.80. The molecule has 0 aromatic carbocycles. The molecule has 18 heavy (non-hydrogen) atoms. The molecule has 2 heterocycles. The highest BCUT2D eigenvalue weighted by Gasteiger charge is 2.05. The smallest absolute Gasteiger partial charge is 0.180 e. The maximum absolute atomic E-state index is 5.46. The van der Waals surface area contributed by atoms with E-state index in [9.17, 15) is 0 Å². The van der Waals surface area contributed by atoms with E-state index in [1.807, 2.05) is 4.68 Å². The van der Waals surface area contributed by atoms with Gasteiger partial charge in [0, 0.05) is 5.75 Å². The Morgan fingerprint density at radius 3 is 2.44 bits per heavy atom. The van der Waals surface area contributed by atoms with Crippen molar-refractivity contribution in [3.63, 3.8) is 0 Å². The summed E-state index contributed by atoms with van der Waals surface area (Å²) in [5.74, 6) is 0.888. The molecule has 0 aliphatic carbocycles. The number of fused-ring (bicyclic) bond motifs is 2. The van der Waals surface area contributed by atoms with Crippen LogP contribution in [0.4, 0.5) is 0 Å². The lowest BCUT2D eigenvalue weighted by atomic mass is 10.6. The molecule has 1 aliphatic rings. The Morgan fingerprint density at radius 2 is 1.67 bits per heavy atom. The normalized spacial score (nSPS) is 20.0. The molecule has 0 amide bonds. The second-order valence-electron chi connectivity index (χ2n) is 3.54. The SMILES string of the molecule is S=c1sc2nn1CCOCCOCCOCCS2. The fourth-order valence-corrected chi connectivity index (χ4v) is 3.68. The van der Waals surface area contributed by atoms with Crippen molar-refractivity contribution in [1.29, 1.82) is 0 Å². The predicted molar refractivity (Wildman–Crippen MR) is 74.1 cm³/mol. The number of rotatable bonds is 0. The van der Waals surface area contributed by atoms with Crippen LogP contribution in [0.2, 0.25) is 0 Å². The van der Waals surface area contributed by atoms with Crippen molar-refractivity contribution in [2.24, 2.45) is 0 Å². The summed E-state index contributed by atoms with van der Waals surface area (Å²) in [4.78, 5) is 0. The Balaban J connectivity index is 1.90. The van der Waals surface area contributed by atoms with Crippen molar-refractivity contribution in [1.82, 2.24) is 9.78 Å². The lowest BCUT2D eigenvalue weighted by molar-refractivity contribution is 0.0156. The molecule has 5 nitrogen and oxygen atoms in total. The maximum Gasteiger partial charge on any atom is 0.180 e. The molecule has 0 unspecified atom stereocenters. The van der Waals surface area contributed by atoms with Crippen molar-refractivity contribution < 1.29 is 14.2 Å². The Kier molecular flexibility index (Phi) is 6.60. The number of ether oxygens (including phenoxy) is 3. The Hall–Kier alpha value is 0.0100. The van der Waals surface area contributed by atoms with Gasteiger partial charge < -0.3 is 14.2 Å². The molecular weight excluding hydrogens is 292 g/mol. The first kappa shape index (κ1) is 14.4. The van der Waals surface area contributed by atoms with Crippen LogP contribution in [-0.2, 0) is 20.8 Å². The molecule has 1 aromatic rings. The van der Waals surface area contributed by atoms with E-state index < -0.39 is 0 Å². The van der Waals surface area contributed by atoms with Gasteiger partial charge in [0.2, 0.25) is 0 Å². The van der Waals surface area contributed by atoms with Crippen molar-refractivity contribution in [2.75, 3.05) is 45.4 Å². The van der Waals surface area contributed by atoms with Crippen molar-refractivity contribution in [2.45, 2.75) is 10.9 Å². The molecular formula is C10H16N2O3S3. The summed E-state index contributed by atoms with van der Waals surface area (Å²) < 4.78 is 19.9. The van der Waals surface area contributed by atoms with Gasteiger partial charge in [0.1, 0.15) is 0 Å². The summed E-state index contributed by atoms with van der Waals surface area (Å²) in [6, 6.07) is 0. The molecule has 0 saturated carbocycles. The number of aromatic nitrogens is 2. The van der Waals surface area contributed by atoms with Crippen LogP contribution in [0.25, 0.3) is 0 Å². The van der Waals surface area contributed by atoms with E-state index in [0.717, 1.165) is 14.0 Å². The molecule has 2 rings (SSSR count). The Labute approximate surface area is 119 Å². The topological polar surface area (TPSA) is 45.5 Å². The molecule has 1 aliphatic heterocycles. The summed E-state index contributed by atoms with van der Waals surface area (Å²) in [5, 5.41) is 4.45. The van der Waals surface area contributed by atoms with E-state index in [1.54, 1.807) is 23.1 Å². The lowest BCUT2D eigenvalue weighted by Crippen LogP contribution is -2.12. The van der Waals surface area contributed by atoms with E-state index in [-0.39, 0.29) is 0 Å². The van der Waals surface area contributed by atoms with Crippen LogP contribution >= 0.6 is 35.3 Å². The van der Waals surface area contributed by atoms with E-state index in [2.05, 4.69) is 5.10 Å². The zero-order valence-corrected chi connectivity index (χ0v) is 12.5. The molecule has 2 bridgehead atoms. The van der Waals surface area contributed by atoms with E-state index in [1.165, 1.54) is 0 Å². The quantitative estimate of drug-likeness (QED) is 0.681. The van der Waals surface area contributed by atoms with Crippen LogP contribution in [0.15, 0.2) is 4.34 Å². The molecule has 0 radical (unpaired) electrons. The minimum Gasteiger partial charge on any atom is -0.378 e. The van der Waals surface area contributed by atoms with Crippen LogP contribution in [0.3, 0.4) is 0 Å². The monoisotopic (exact) mass is 308 g/mol. The maximum atomic E-state index is 5.46. The Bertz CT molecular complexity index is 407. The van der Waals surface area contributed by atoms with E-state index in [4.69, 9.17) is 26.4 Å². The largest absolute Gasteiger partial charge is 0.378 e. The minimum absolute atomic E-state index is 0.596. The van der Waals surface area contributed by atoms with Gasteiger partial charge in [-0.1, -0.05) is 23.1 Å². The molecule has 1 aromatic heterocycles. The van der Waals surface area contributed by atoms with Gasteiger partial charge in [-0.15, -0.1) is 0 Å². The van der Waals surface area contributed by atoms with Crippen LogP contribution in [-0.4, -0.2) is 55.2 Å². The van der Waals surface area contributed by atoms with Crippen LogP contribution in [0.5, 0.6) is 0 Å². The molecule has 0 spiro atoms. The van der Waals surface area contributed by atoms with Gasteiger partial charge >= 0.3 is 0 Å². The predicted octanol–water partition coefficient (Wildman–Crippen LogP) is 1.83. The second kappa shape index (κ2) is 8.23. The van der Waals surface area contributed by atoms with Gasteiger partial charge in [-0.25, -0.2) is 4.68 Å². The van der Waals surface area contributed by atoms with Gasteiger partial charge in [0.15, 0.2) is 8.29 Å². The zero-order valence-electron chi connectivity index (χ0n) is 10.0. The highest BCUT2D eigenvalue weighted by Crippen LogP contribution is 2.21. The molecule has 0 atom stereocenters. The highest BCUT2D eigenvalue weighted by atomic mass is 32.2. The van der Waals surface area contributed by atoms with Crippen molar-refractivity contribution in [3.05, 3.63) is 3.95 Å². The molecule has 0 saturated heterocycles. The van der Waals surface area contributed by atoms with Crippen LogP contribution < -0.4 is 0 Å². The highest BCUT2D eigenvalue weighted by molar-refractivity contribution is 8.01. The number of hydrogen-bond acceptors (Lipinski definition) is 7. The zero-order chi connectivity index (χ0) is 12.6. The summed E-state index contributed by atoms with van der Waals surface area (Å²) >= 11 is 8.48. The third-order valence-corrected chi connectivity index (χ3v) is 4.64. The van der Waals surface area contributed by atoms with Gasteiger partial charge in [-0.05, 0) is 12.2 Å². The average Bonchev–Trinajstić information content (AvgIpc) is 2.70. The number of nitrogens with zero attached hydrogens (tertiary/aromatic N) is 2. The number of hydrogen-bond donors (Lipinski definition) is 0. The molecule has 0 N–H and O–H groups in total. The first-order valence-corrected chi connectivity index (χ1v) is 8.01. The van der Waals surface area contributed by atoms with E-state index >= 15 is 0 Å². The fraction of sp³-hybridized carbons (Fsp3) is 0.800. The lowest BCUT2D eigenvalue weighted by Gasteiger charge is -2.06. The summed E-state index contributed by atoms with van der Waals surface area (Å²) in [6.45, 7) is 4.47. The summed E-state index contributed by atoms with van der Waals surface area (Å²) in [7, 11) is 0. The van der Waals surface area contributed by atoms with E-state index in [0.29, 0.717) is 46.2 Å². The Morgan fingerprint density at radius 1 is 1.00 bits per heavy atom. The van der Waals surface area contributed by atoms with Crippen LogP contribution in [0, 0.1) is 3.95 Å². The fourth-order valence-electron chi connectivity index (χ4n) is 1.37. The van der Waals surface area contributed by atoms with Gasteiger partial charge in [-0.2, -0.15) is 5.10 Å². The second-order valence-corrected chi connectivity index (χ2v) is 6.51. The van der Waals surface area contributed by atoms with Crippen LogP contribution in [0.1, 0.15) is 0 Å². The van der Waals surface area contributed by atoms with Gasteiger partial charge in [-0.3, -0.25) is 0 Å².